The van der Waals surface area contributed by atoms with Crippen molar-refractivity contribution < 1.29 is 14.4 Å². The second-order valence-corrected chi connectivity index (χ2v) is 9.47. The molecule has 0 saturated carbocycles. The zero-order valence-corrected chi connectivity index (χ0v) is 20.0. The number of rotatable bonds is 5. The lowest BCUT2D eigenvalue weighted by atomic mass is 9.88. The van der Waals surface area contributed by atoms with Crippen molar-refractivity contribution in [2.45, 2.75) is 45.6 Å². The molecule has 2 heterocycles. The molecule has 0 unspecified atom stereocenters. The fraction of sp³-hybridized carbons (Fsp3) is 0.444. The number of benzene rings is 2. The van der Waals surface area contributed by atoms with Crippen molar-refractivity contribution >= 4 is 23.5 Å². The van der Waals surface area contributed by atoms with Crippen LogP contribution in [0.2, 0.25) is 0 Å². The third-order valence-corrected chi connectivity index (χ3v) is 6.89. The number of nitrogens with zero attached hydrogens (tertiary/aromatic N) is 2. The maximum atomic E-state index is 13.4. The van der Waals surface area contributed by atoms with E-state index in [1.165, 1.54) is 0 Å². The zero-order valence-electron chi connectivity index (χ0n) is 20.0. The maximum Gasteiger partial charge on any atom is 0.321 e. The number of carbonyl (C=O) groups excluding carboxylic acids is 3. The molecule has 7 heteroatoms. The molecule has 2 aliphatic heterocycles. The SMILES string of the molecule is Cc1ccc(NC(=O)N2CCC([C@H](NC(=O)c3ccc(C)cc3)C(=O)N3CCCC3)CC2)cc1. The molecule has 0 spiro atoms. The average molecular weight is 463 g/mol. The van der Waals surface area contributed by atoms with Gasteiger partial charge in [0.25, 0.3) is 5.91 Å². The zero-order chi connectivity index (χ0) is 24.1. The lowest BCUT2D eigenvalue weighted by Crippen LogP contribution is -2.54. The minimum atomic E-state index is -0.575. The van der Waals surface area contributed by atoms with E-state index in [1.54, 1.807) is 17.0 Å². The van der Waals surface area contributed by atoms with Crippen molar-refractivity contribution in [2.24, 2.45) is 5.92 Å². The van der Waals surface area contributed by atoms with Crippen LogP contribution in [0.1, 0.15) is 47.2 Å². The van der Waals surface area contributed by atoms with Gasteiger partial charge in [-0.2, -0.15) is 0 Å². The van der Waals surface area contributed by atoms with E-state index >= 15 is 0 Å². The van der Waals surface area contributed by atoms with Crippen LogP contribution < -0.4 is 10.6 Å². The number of carbonyl (C=O) groups is 3. The van der Waals surface area contributed by atoms with Gasteiger partial charge in [0.05, 0.1) is 0 Å². The minimum Gasteiger partial charge on any atom is -0.341 e. The highest BCUT2D eigenvalue weighted by Gasteiger charge is 2.36. The number of anilines is 1. The van der Waals surface area contributed by atoms with Crippen LogP contribution in [0.5, 0.6) is 0 Å². The molecule has 34 heavy (non-hydrogen) atoms. The van der Waals surface area contributed by atoms with E-state index in [9.17, 15) is 14.4 Å². The summed E-state index contributed by atoms with van der Waals surface area (Å²) in [5.41, 5.74) is 3.54. The van der Waals surface area contributed by atoms with Crippen LogP contribution in [0.15, 0.2) is 48.5 Å². The number of piperidine rings is 1. The molecule has 4 amide bonds. The van der Waals surface area contributed by atoms with E-state index in [-0.39, 0.29) is 23.8 Å². The topological polar surface area (TPSA) is 81.8 Å². The number of hydrogen-bond donors (Lipinski definition) is 2. The Morgan fingerprint density at radius 1 is 0.794 bits per heavy atom. The van der Waals surface area contributed by atoms with E-state index in [0.717, 1.165) is 42.7 Å². The molecule has 2 aromatic carbocycles. The number of aryl methyl sites for hydroxylation is 2. The quantitative estimate of drug-likeness (QED) is 0.706. The monoisotopic (exact) mass is 462 g/mol. The van der Waals surface area contributed by atoms with Crippen molar-refractivity contribution in [1.29, 1.82) is 0 Å². The average Bonchev–Trinajstić information content (AvgIpc) is 3.39. The summed E-state index contributed by atoms with van der Waals surface area (Å²) in [5, 5.41) is 5.99. The van der Waals surface area contributed by atoms with Gasteiger partial charge in [-0.1, -0.05) is 35.4 Å². The molecule has 0 aliphatic carbocycles. The Morgan fingerprint density at radius 3 is 1.94 bits per heavy atom. The summed E-state index contributed by atoms with van der Waals surface area (Å²) in [6.07, 6.45) is 3.34. The predicted octanol–water partition coefficient (Wildman–Crippen LogP) is 3.97. The van der Waals surface area contributed by atoms with Crippen LogP contribution >= 0.6 is 0 Å². The van der Waals surface area contributed by atoms with E-state index in [2.05, 4.69) is 10.6 Å². The molecule has 7 nitrogen and oxygen atoms in total. The molecular weight excluding hydrogens is 428 g/mol. The second kappa shape index (κ2) is 10.7. The first-order chi connectivity index (χ1) is 16.4. The Balaban J connectivity index is 1.40. The molecule has 0 aromatic heterocycles. The van der Waals surface area contributed by atoms with Crippen LogP contribution in [0.4, 0.5) is 10.5 Å². The summed E-state index contributed by atoms with van der Waals surface area (Å²) < 4.78 is 0. The Hall–Kier alpha value is -3.35. The van der Waals surface area contributed by atoms with Gasteiger partial charge < -0.3 is 20.4 Å². The first-order valence-electron chi connectivity index (χ1n) is 12.2. The molecular formula is C27H34N4O3. The van der Waals surface area contributed by atoms with Crippen molar-refractivity contribution in [3.8, 4) is 0 Å². The van der Waals surface area contributed by atoms with Crippen molar-refractivity contribution in [2.75, 3.05) is 31.5 Å². The van der Waals surface area contributed by atoms with Crippen molar-refractivity contribution in [3.63, 3.8) is 0 Å². The predicted molar refractivity (Wildman–Crippen MR) is 133 cm³/mol. The third-order valence-electron chi connectivity index (χ3n) is 6.89. The van der Waals surface area contributed by atoms with Gasteiger partial charge in [0.15, 0.2) is 0 Å². The number of nitrogens with one attached hydrogen (secondary N) is 2. The van der Waals surface area contributed by atoms with Gasteiger partial charge in [0.1, 0.15) is 6.04 Å². The lowest BCUT2D eigenvalue weighted by molar-refractivity contribution is -0.134. The Labute approximate surface area is 201 Å². The van der Waals surface area contributed by atoms with E-state index in [1.807, 2.05) is 55.1 Å². The van der Waals surface area contributed by atoms with E-state index < -0.39 is 6.04 Å². The smallest absolute Gasteiger partial charge is 0.321 e. The number of likely N-dealkylation sites (tertiary alicyclic amines) is 2. The van der Waals surface area contributed by atoms with Crippen LogP contribution in [0.3, 0.4) is 0 Å². The standard InChI is InChI=1S/C27H34N4O3/c1-19-5-9-22(10-6-19)25(32)29-24(26(33)30-15-3-4-16-30)21-13-17-31(18-14-21)27(34)28-23-11-7-20(2)8-12-23/h5-12,21,24H,3-4,13-18H2,1-2H3,(H,28,34)(H,29,32)/t24-/m0/s1. The van der Waals surface area contributed by atoms with Gasteiger partial charge in [-0.25, -0.2) is 4.79 Å². The molecule has 180 valence electrons. The molecule has 1 atom stereocenters. The van der Waals surface area contributed by atoms with Gasteiger partial charge in [0, 0.05) is 37.4 Å². The molecule has 2 aromatic rings. The molecule has 4 rings (SSSR count). The highest BCUT2D eigenvalue weighted by molar-refractivity contribution is 5.97. The van der Waals surface area contributed by atoms with Crippen molar-refractivity contribution in [1.82, 2.24) is 15.1 Å². The summed E-state index contributed by atoms with van der Waals surface area (Å²) in [7, 11) is 0. The molecule has 2 N–H and O–H groups in total. The largest absolute Gasteiger partial charge is 0.341 e. The molecule has 2 aliphatic rings. The number of amides is 4. The van der Waals surface area contributed by atoms with Crippen LogP contribution in [0, 0.1) is 19.8 Å². The summed E-state index contributed by atoms with van der Waals surface area (Å²) in [4.78, 5) is 42.7. The van der Waals surface area contributed by atoms with E-state index in [4.69, 9.17) is 0 Å². The molecule has 2 saturated heterocycles. The highest BCUT2D eigenvalue weighted by Crippen LogP contribution is 2.25. The Morgan fingerprint density at radius 2 is 1.35 bits per heavy atom. The molecule has 2 fully saturated rings. The fourth-order valence-corrected chi connectivity index (χ4v) is 4.72. The van der Waals surface area contributed by atoms with Crippen molar-refractivity contribution in [3.05, 3.63) is 65.2 Å². The summed E-state index contributed by atoms with van der Waals surface area (Å²) >= 11 is 0. The van der Waals surface area contributed by atoms with Gasteiger partial charge in [-0.15, -0.1) is 0 Å². The van der Waals surface area contributed by atoms with E-state index in [0.29, 0.717) is 31.5 Å². The van der Waals surface area contributed by atoms with Gasteiger partial charge in [-0.3, -0.25) is 9.59 Å². The first kappa shape index (κ1) is 23.8. The van der Waals surface area contributed by atoms with Gasteiger partial charge in [0.2, 0.25) is 5.91 Å². The Kier molecular flexibility index (Phi) is 7.50. The maximum absolute atomic E-state index is 13.4. The Bertz CT molecular complexity index is 1010. The van der Waals surface area contributed by atoms with Crippen LogP contribution in [0.25, 0.3) is 0 Å². The summed E-state index contributed by atoms with van der Waals surface area (Å²) in [5.74, 6) is -0.233. The van der Waals surface area contributed by atoms with Gasteiger partial charge >= 0.3 is 6.03 Å². The number of hydrogen-bond acceptors (Lipinski definition) is 3. The number of urea groups is 1. The van der Waals surface area contributed by atoms with Gasteiger partial charge in [-0.05, 0) is 69.7 Å². The molecule has 0 radical (unpaired) electrons. The lowest BCUT2D eigenvalue weighted by Gasteiger charge is -2.37. The summed E-state index contributed by atoms with van der Waals surface area (Å²) in [6.45, 7) is 6.57. The fourth-order valence-electron chi connectivity index (χ4n) is 4.72. The second-order valence-electron chi connectivity index (χ2n) is 9.47. The minimum absolute atomic E-state index is 0.000480. The van der Waals surface area contributed by atoms with Crippen LogP contribution in [-0.4, -0.2) is 59.9 Å². The molecule has 0 bridgehead atoms. The summed E-state index contributed by atoms with van der Waals surface area (Å²) in [6, 6.07) is 14.4. The first-order valence-corrected chi connectivity index (χ1v) is 12.2. The normalized spacial score (nSPS) is 17.4. The highest BCUT2D eigenvalue weighted by atomic mass is 16.2. The third kappa shape index (κ3) is 5.76. The van der Waals surface area contributed by atoms with Crippen LogP contribution in [-0.2, 0) is 4.79 Å².